The van der Waals surface area contributed by atoms with Crippen LogP contribution in [-0.4, -0.2) is 40.2 Å². The molecule has 2 aromatic rings. The number of amides is 1. The largest absolute Gasteiger partial charge is 0.333 e. The van der Waals surface area contributed by atoms with E-state index in [-0.39, 0.29) is 30.8 Å². The quantitative estimate of drug-likeness (QED) is 0.823. The molecule has 0 bridgehead atoms. The van der Waals surface area contributed by atoms with Crippen molar-refractivity contribution in [3.8, 4) is 0 Å². The smallest absolute Gasteiger partial charge is 0.333 e. The molecule has 5 nitrogen and oxygen atoms in total. The minimum atomic E-state index is -2.71. The summed E-state index contributed by atoms with van der Waals surface area (Å²) in [5, 5.41) is 7.77. The number of piperazine rings is 1. The predicted octanol–water partition coefficient (Wildman–Crippen LogP) is 3.69. The van der Waals surface area contributed by atoms with E-state index < -0.39 is 6.55 Å². The molecule has 1 aliphatic heterocycles. The van der Waals surface area contributed by atoms with Gasteiger partial charge in [-0.05, 0) is 31.5 Å². The summed E-state index contributed by atoms with van der Waals surface area (Å²) in [6, 6.07) is 7.30. The second-order valence-electron chi connectivity index (χ2n) is 6.41. The average Bonchev–Trinajstić information content (AvgIpc) is 2.90. The molecule has 1 aromatic heterocycles. The molecule has 1 amide bonds. The van der Waals surface area contributed by atoms with Crippen LogP contribution in [0.1, 0.15) is 35.1 Å². The van der Waals surface area contributed by atoms with Crippen LogP contribution in [0.25, 0.3) is 0 Å². The monoisotopic (exact) mass is 418 g/mol. The molecule has 2 heterocycles. The fourth-order valence-corrected chi connectivity index (χ4v) is 3.61. The van der Waals surface area contributed by atoms with Gasteiger partial charge in [0.1, 0.15) is 0 Å². The summed E-state index contributed by atoms with van der Waals surface area (Å²) in [6.07, 6.45) is 0.0570. The van der Waals surface area contributed by atoms with Crippen molar-refractivity contribution >= 4 is 29.9 Å². The Labute approximate surface area is 168 Å². The summed E-state index contributed by atoms with van der Waals surface area (Å²) in [5.41, 5.74) is 2.32. The van der Waals surface area contributed by atoms with Gasteiger partial charge in [0.05, 0.1) is 18.2 Å². The number of nitrogens with zero attached hydrogens (tertiary/aromatic N) is 3. The van der Waals surface area contributed by atoms with Crippen LogP contribution in [0.15, 0.2) is 24.3 Å². The molecule has 0 aliphatic carbocycles. The molecule has 3 rings (SSSR count). The molecule has 1 saturated heterocycles. The molecule has 9 heteroatoms. The van der Waals surface area contributed by atoms with Gasteiger partial charge in [-0.15, -0.1) is 12.4 Å². The second-order valence-corrected chi connectivity index (χ2v) is 6.85. The van der Waals surface area contributed by atoms with Crippen LogP contribution >= 0.6 is 24.0 Å². The molecule has 0 radical (unpaired) electrons. The predicted molar refractivity (Wildman–Crippen MR) is 103 cm³/mol. The van der Waals surface area contributed by atoms with Crippen molar-refractivity contribution in [2.75, 3.05) is 19.6 Å². The summed E-state index contributed by atoms with van der Waals surface area (Å²) in [5.74, 6) is -0.100. The number of carbonyl (C=O) groups excluding carboxylic acids is 1. The van der Waals surface area contributed by atoms with E-state index in [9.17, 15) is 13.6 Å². The highest BCUT2D eigenvalue weighted by Gasteiger charge is 2.29. The van der Waals surface area contributed by atoms with E-state index in [1.54, 1.807) is 24.8 Å². The fourth-order valence-electron chi connectivity index (χ4n) is 3.41. The van der Waals surface area contributed by atoms with Crippen molar-refractivity contribution in [1.82, 2.24) is 20.0 Å². The standard InChI is InChI=1S/C18H21ClF2N4O.ClH/c1-11-15(12(2)25(23-11)18(20)21)9-17(26)24-7-6-22-10-16(24)13-4-3-5-14(19)8-13;/h3-5,8,16,18,22H,6-7,9-10H2,1-2H3;1H. The van der Waals surface area contributed by atoms with E-state index in [1.165, 1.54) is 0 Å². The van der Waals surface area contributed by atoms with E-state index in [2.05, 4.69) is 10.4 Å². The summed E-state index contributed by atoms with van der Waals surface area (Å²) < 4.78 is 26.7. The van der Waals surface area contributed by atoms with Gasteiger partial charge in [-0.25, -0.2) is 4.68 Å². The summed E-state index contributed by atoms with van der Waals surface area (Å²) in [6.45, 7) is 2.38. The summed E-state index contributed by atoms with van der Waals surface area (Å²) in [4.78, 5) is 14.8. The third kappa shape index (κ3) is 4.59. The van der Waals surface area contributed by atoms with Gasteiger partial charge in [-0.1, -0.05) is 23.7 Å². The molecule has 1 aliphatic rings. The number of hydrogen-bond donors (Lipinski definition) is 1. The second kappa shape index (κ2) is 8.99. The van der Waals surface area contributed by atoms with Gasteiger partial charge in [0.25, 0.3) is 0 Å². The number of nitrogens with one attached hydrogen (secondary N) is 1. The third-order valence-electron chi connectivity index (χ3n) is 4.78. The molecule has 1 atom stereocenters. The molecule has 1 fully saturated rings. The molecule has 1 aromatic carbocycles. The van der Waals surface area contributed by atoms with Crippen molar-refractivity contribution in [3.63, 3.8) is 0 Å². The van der Waals surface area contributed by atoms with Crippen molar-refractivity contribution in [3.05, 3.63) is 51.8 Å². The Morgan fingerprint density at radius 2 is 2.15 bits per heavy atom. The SMILES string of the molecule is Cc1nn(C(F)F)c(C)c1CC(=O)N1CCNCC1c1cccc(Cl)c1.Cl. The van der Waals surface area contributed by atoms with Crippen LogP contribution in [0, 0.1) is 13.8 Å². The highest BCUT2D eigenvalue weighted by molar-refractivity contribution is 6.30. The Balaban J connectivity index is 0.00000261. The Bertz CT molecular complexity index is 813. The fraction of sp³-hybridized carbons (Fsp3) is 0.444. The van der Waals surface area contributed by atoms with Crippen LogP contribution < -0.4 is 5.32 Å². The van der Waals surface area contributed by atoms with Crippen molar-refractivity contribution in [2.45, 2.75) is 32.9 Å². The zero-order chi connectivity index (χ0) is 18.8. The molecule has 148 valence electrons. The summed E-state index contributed by atoms with van der Waals surface area (Å²) >= 11 is 6.09. The van der Waals surface area contributed by atoms with E-state index in [4.69, 9.17) is 11.6 Å². The minimum absolute atomic E-state index is 0. The number of hydrogen-bond acceptors (Lipinski definition) is 3. The van der Waals surface area contributed by atoms with Crippen LogP contribution in [-0.2, 0) is 11.2 Å². The lowest BCUT2D eigenvalue weighted by molar-refractivity contribution is -0.133. The van der Waals surface area contributed by atoms with E-state index >= 15 is 0 Å². The Hall–Kier alpha value is -1.70. The first-order valence-corrected chi connectivity index (χ1v) is 8.84. The maximum absolute atomic E-state index is 13.0. The van der Waals surface area contributed by atoms with E-state index in [0.717, 1.165) is 5.56 Å². The molecule has 1 unspecified atom stereocenters. The van der Waals surface area contributed by atoms with Crippen molar-refractivity contribution in [1.29, 1.82) is 0 Å². The van der Waals surface area contributed by atoms with Crippen LogP contribution in [0.3, 0.4) is 0 Å². The van der Waals surface area contributed by atoms with Crippen LogP contribution in [0.5, 0.6) is 0 Å². The van der Waals surface area contributed by atoms with E-state index in [1.807, 2.05) is 18.2 Å². The molecule has 0 saturated carbocycles. The first kappa shape index (κ1) is 21.6. The van der Waals surface area contributed by atoms with Gasteiger partial charge in [-0.3, -0.25) is 4.79 Å². The molecule has 0 spiro atoms. The van der Waals surface area contributed by atoms with Gasteiger partial charge < -0.3 is 10.2 Å². The van der Waals surface area contributed by atoms with Gasteiger partial charge in [0.2, 0.25) is 5.91 Å². The number of halogens is 4. The van der Waals surface area contributed by atoms with Gasteiger partial charge in [-0.2, -0.15) is 13.9 Å². The van der Waals surface area contributed by atoms with Gasteiger partial charge in [0.15, 0.2) is 0 Å². The highest BCUT2D eigenvalue weighted by atomic mass is 35.5. The number of alkyl halides is 2. The normalized spacial score (nSPS) is 17.1. The zero-order valence-corrected chi connectivity index (χ0v) is 16.7. The molecular formula is C18H22Cl2F2N4O. The van der Waals surface area contributed by atoms with Crippen LogP contribution in [0.2, 0.25) is 5.02 Å². The topological polar surface area (TPSA) is 50.2 Å². The molecule has 1 N–H and O–H groups in total. The van der Waals surface area contributed by atoms with Crippen molar-refractivity contribution in [2.24, 2.45) is 0 Å². The lowest BCUT2D eigenvalue weighted by atomic mass is 10.0. The van der Waals surface area contributed by atoms with Crippen LogP contribution in [0.4, 0.5) is 8.78 Å². The lowest BCUT2D eigenvalue weighted by Crippen LogP contribution is -2.49. The number of benzene rings is 1. The minimum Gasteiger partial charge on any atom is -0.333 e. The first-order chi connectivity index (χ1) is 12.4. The summed E-state index contributed by atoms with van der Waals surface area (Å²) in [7, 11) is 0. The lowest BCUT2D eigenvalue weighted by Gasteiger charge is -2.36. The van der Waals surface area contributed by atoms with E-state index in [0.29, 0.717) is 46.3 Å². The number of aromatic nitrogens is 2. The van der Waals surface area contributed by atoms with Gasteiger partial charge >= 0.3 is 6.55 Å². The Morgan fingerprint density at radius 3 is 2.78 bits per heavy atom. The average molecular weight is 419 g/mol. The van der Waals surface area contributed by atoms with Gasteiger partial charge in [0, 0.05) is 35.9 Å². The first-order valence-electron chi connectivity index (χ1n) is 8.47. The molecule has 27 heavy (non-hydrogen) atoms. The maximum Gasteiger partial charge on any atom is 0.333 e. The Kier molecular flexibility index (Phi) is 7.19. The zero-order valence-electron chi connectivity index (χ0n) is 15.1. The highest BCUT2D eigenvalue weighted by Crippen LogP contribution is 2.27. The molecular weight excluding hydrogens is 397 g/mol. The van der Waals surface area contributed by atoms with Crippen molar-refractivity contribution < 1.29 is 13.6 Å². The number of aryl methyl sites for hydroxylation is 1. The number of carbonyl (C=O) groups is 1. The third-order valence-corrected chi connectivity index (χ3v) is 5.02. The maximum atomic E-state index is 13.0. The Morgan fingerprint density at radius 1 is 1.41 bits per heavy atom. The number of rotatable bonds is 4.